The number of hydrogen-bond acceptors (Lipinski definition) is 5. The molecule has 0 amide bonds. The molecule has 2 aromatic carbocycles. The fraction of sp³-hybridized carbons (Fsp3) is 0.263. The number of halogens is 1. The molecule has 0 bridgehead atoms. The number of carbonyl (C=O) groups is 2. The lowest BCUT2D eigenvalue weighted by Crippen LogP contribution is -2.28. The Hall–Kier alpha value is -2.57. The molecule has 1 N–H and O–H groups in total. The SMILES string of the molecule is COC(=O)C(Cc1ccc(OCC(=O)O)cc1)OCc1cccc(Cl)c1. The maximum absolute atomic E-state index is 12.0. The Balaban J connectivity index is 1.98. The zero-order chi connectivity index (χ0) is 18.9. The van der Waals surface area contributed by atoms with Gasteiger partial charge in [0.25, 0.3) is 0 Å². The molecule has 2 rings (SSSR count). The zero-order valence-electron chi connectivity index (χ0n) is 14.2. The monoisotopic (exact) mass is 378 g/mol. The minimum absolute atomic E-state index is 0.222. The van der Waals surface area contributed by atoms with E-state index in [-0.39, 0.29) is 6.61 Å². The molecule has 1 unspecified atom stereocenters. The summed E-state index contributed by atoms with van der Waals surface area (Å²) in [6, 6.07) is 14.0. The van der Waals surface area contributed by atoms with Crippen LogP contribution < -0.4 is 4.74 Å². The second-order valence-corrected chi connectivity index (χ2v) is 5.92. The van der Waals surface area contributed by atoms with Crippen LogP contribution in [0, 0.1) is 0 Å². The number of carboxylic acids is 1. The third-order valence-electron chi connectivity index (χ3n) is 3.51. The first-order valence-corrected chi connectivity index (χ1v) is 8.23. The topological polar surface area (TPSA) is 82.1 Å². The summed E-state index contributed by atoms with van der Waals surface area (Å²) in [4.78, 5) is 22.5. The van der Waals surface area contributed by atoms with Crippen molar-refractivity contribution in [1.82, 2.24) is 0 Å². The normalized spacial score (nSPS) is 11.6. The van der Waals surface area contributed by atoms with Crippen LogP contribution >= 0.6 is 11.6 Å². The van der Waals surface area contributed by atoms with E-state index >= 15 is 0 Å². The van der Waals surface area contributed by atoms with Crippen molar-refractivity contribution in [3.05, 3.63) is 64.7 Å². The smallest absolute Gasteiger partial charge is 0.341 e. The van der Waals surface area contributed by atoms with Gasteiger partial charge in [0.15, 0.2) is 12.7 Å². The molecule has 26 heavy (non-hydrogen) atoms. The molecule has 7 heteroatoms. The number of ether oxygens (including phenoxy) is 3. The van der Waals surface area contributed by atoms with Crippen LogP contribution in [0.2, 0.25) is 5.02 Å². The lowest BCUT2D eigenvalue weighted by Gasteiger charge is -2.16. The van der Waals surface area contributed by atoms with Crippen LogP contribution in [-0.4, -0.2) is 36.9 Å². The lowest BCUT2D eigenvalue weighted by molar-refractivity contribution is -0.154. The third kappa shape index (κ3) is 6.38. The highest BCUT2D eigenvalue weighted by molar-refractivity contribution is 6.30. The third-order valence-corrected chi connectivity index (χ3v) is 3.75. The van der Waals surface area contributed by atoms with Gasteiger partial charge in [0.1, 0.15) is 5.75 Å². The van der Waals surface area contributed by atoms with Crippen molar-refractivity contribution in [3.8, 4) is 5.75 Å². The van der Waals surface area contributed by atoms with Gasteiger partial charge in [0, 0.05) is 11.4 Å². The summed E-state index contributed by atoms with van der Waals surface area (Å²) in [6.07, 6.45) is -0.461. The number of carbonyl (C=O) groups excluding carboxylic acids is 1. The average Bonchev–Trinajstić information content (AvgIpc) is 2.63. The molecular formula is C19H19ClO6. The second kappa shape index (κ2) is 9.79. The molecule has 0 aliphatic heterocycles. The van der Waals surface area contributed by atoms with Gasteiger partial charge in [0.05, 0.1) is 13.7 Å². The summed E-state index contributed by atoms with van der Waals surface area (Å²) in [7, 11) is 1.31. The summed E-state index contributed by atoms with van der Waals surface area (Å²) in [6.45, 7) is -0.187. The van der Waals surface area contributed by atoms with Gasteiger partial charge in [-0.1, -0.05) is 35.9 Å². The number of methoxy groups -OCH3 is 1. The Labute approximate surface area is 156 Å². The molecule has 0 aliphatic carbocycles. The van der Waals surface area contributed by atoms with Crippen molar-refractivity contribution in [1.29, 1.82) is 0 Å². The molecule has 0 fully saturated rings. The van der Waals surface area contributed by atoms with Gasteiger partial charge >= 0.3 is 11.9 Å². The standard InChI is InChI=1S/C19H19ClO6/c1-24-19(23)17(26-11-14-3-2-4-15(20)9-14)10-13-5-7-16(8-6-13)25-12-18(21)22/h2-9,17H,10-12H2,1H3,(H,21,22). The largest absolute Gasteiger partial charge is 0.482 e. The van der Waals surface area contributed by atoms with Crippen LogP contribution in [-0.2, 0) is 32.1 Å². The van der Waals surface area contributed by atoms with Crippen LogP contribution in [0.4, 0.5) is 0 Å². The molecule has 1 atom stereocenters. The highest BCUT2D eigenvalue weighted by Gasteiger charge is 2.20. The second-order valence-electron chi connectivity index (χ2n) is 5.48. The van der Waals surface area contributed by atoms with E-state index in [0.717, 1.165) is 11.1 Å². The first-order valence-electron chi connectivity index (χ1n) is 7.85. The maximum atomic E-state index is 12.0. The van der Waals surface area contributed by atoms with E-state index in [1.807, 2.05) is 12.1 Å². The fourth-order valence-corrected chi connectivity index (χ4v) is 2.46. The Bertz CT molecular complexity index is 744. The first kappa shape index (κ1) is 19.8. The van der Waals surface area contributed by atoms with Gasteiger partial charge in [-0.2, -0.15) is 0 Å². The van der Waals surface area contributed by atoms with Crippen LogP contribution in [0.3, 0.4) is 0 Å². The molecule has 0 radical (unpaired) electrons. The Kier molecular flexibility index (Phi) is 7.44. The highest BCUT2D eigenvalue weighted by Crippen LogP contribution is 2.17. The van der Waals surface area contributed by atoms with E-state index in [9.17, 15) is 9.59 Å². The van der Waals surface area contributed by atoms with E-state index in [0.29, 0.717) is 17.2 Å². The molecule has 138 valence electrons. The summed E-state index contributed by atoms with van der Waals surface area (Å²) in [5.74, 6) is -1.09. The van der Waals surface area contributed by atoms with E-state index in [4.69, 9.17) is 30.9 Å². The number of benzene rings is 2. The van der Waals surface area contributed by atoms with Gasteiger partial charge in [-0.3, -0.25) is 0 Å². The number of aliphatic carboxylic acids is 1. The summed E-state index contributed by atoms with van der Waals surface area (Å²) in [5.41, 5.74) is 1.68. The van der Waals surface area contributed by atoms with Crippen LogP contribution in [0.15, 0.2) is 48.5 Å². The minimum Gasteiger partial charge on any atom is -0.482 e. The molecule has 2 aromatic rings. The van der Waals surface area contributed by atoms with Crippen molar-refractivity contribution in [2.75, 3.05) is 13.7 Å². The molecule has 0 saturated heterocycles. The van der Waals surface area contributed by atoms with Gasteiger partial charge in [-0.15, -0.1) is 0 Å². The highest BCUT2D eigenvalue weighted by atomic mass is 35.5. The molecule has 0 spiro atoms. The summed E-state index contributed by atoms with van der Waals surface area (Å²) in [5, 5.41) is 9.20. The molecule has 0 aliphatic rings. The Morgan fingerprint density at radius 1 is 1.12 bits per heavy atom. The molecule has 0 heterocycles. The molecule has 6 nitrogen and oxygen atoms in total. The molecular weight excluding hydrogens is 360 g/mol. The van der Waals surface area contributed by atoms with E-state index < -0.39 is 24.6 Å². The van der Waals surface area contributed by atoms with Gasteiger partial charge in [-0.25, -0.2) is 9.59 Å². The number of carboxylic acid groups (broad SMARTS) is 1. The quantitative estimate of drug-likeness (QED) is 0.675. The number of hydrogen-bond donors (Lipinski definition) is 1. The van der Waals surface area contributed by atoms with Gasteiger partial charge in [-0.05, 0) is 35.4 Å². The van der Waals surface area contributed by atoms with Crippen molar-refractivity contribution in [3.63, 3.8) is 0 Å². The number of esters is 1. The first-order chi connectivity index (χ1) is 12.5. The number of rotatable bonds is 9. The predicted molar refractivity (Wildman–Crippen MR) is 95.3 cm³/mol. The predicted octanol–water partition coefficient (Wildman–Crippen LogP) is 3.10. The lowest BCUT2D eigenvalue weighted by atomic mass is 10.1. The van der Waals surface area contributed by atoms with Crippen molar-refractivity contribution in [2.24, 2.45) is 0 Å². The Morgan fingerprint density at radius 2 is 1.85 bits per heavy atom. The minimum atomic E-state index is -1.05. The van der Waals surface area contributed by atoms with Crippen molar-refractivity contribution >= 4 is 23.5 Å². The molecule has 0 aromatic heterocycles. The van der Waals surface area contributed by atoms with Crippen LogP contribution in [0.1, 0.15) is 11.1 Å². The summed E-state index contributed by atoms with van der Waals surface area (Å²) < 4.78 is 15.6. The van der Waals surface area contributed by atoms with E-state index in [2.05, 4.69) is 0 Å². The van der Waals surface area contributed by atoms with Crippen molar-refractivity contribution < 1.29 is 28.9 Å². The van der Waals surface area contributed by atoms with E-state index in [1.54, 1.807) is 36.4 Å². The van der Waals surface area contributed by atoms with E-state index in [1.165, 1.54) is 7.11 Å². The molecule has 0 saturated carbocycles. The summed E-state index contributed by atoms with van der Waals surface area (Å²) >= 11 is 5.94. The van der Waals surface area contributed by atoms with Crippen LogP contribution in [0.25, 0.3) is 0 Å². The average molecular weight is 379 g/mol. The fourth-order valence-electron chi connectivity index (χ4n) is 2.25. The Morgan fingerprint density at radius 3 is 2.46 bits per heavy atom. The maximum Gasteiger partial charge on any atom is 0.341 e. The zero-order valence-corrected chi connectivity index (χ0v) is 14.9. The van der Waals surface area contributed by atoms with Gasteiger partial charge in [0.2, 0.25) is 0 Å². The van der Waals surface area contributed by atoms with Gasteiger partial charge < -0.3 is 19.3 Å². The van der Waals surface area contributed by atoms with Crippen LogP contribution in [0.5, 0.6) is 5.75 Å². The van der Waals surface area contributed by atoms with Crippen molar-refractivity contribution in [2.45, 2.75) is 19.1 Å².